The van der Waals surface area contributed by atoms with Crippen molar-refractivity contribution < 1.29 is 4.79 Å². The highest BCUT2D eigenvalue weighted by atomic mass is 16.1. The molecule has 0 saturated heterocycles. The molecule has 1 amide bonds. The van der Waals surface area contributed by atoms with Gasteiger partial charge in [0.2, 0.25) is 5.91 Å². The number of carbonyl (C=O) groups is 1. The Hall–Kier alpha value is -2.09. The monoisotopic (exact) mass is 319 g/mol. The molecular formula is C22H25NO. The second-order valence-electron chi connectivity index (χ2n) is 7.21. The van der Waals surface area contributed by atoms with Crippen LogP contribution in [0.1, 0.15) is 55.2 Å². The lowest BCUT2D eigenvalue weighted by atomic mass is 9.98. The van der Waals surface area contributed by atoms with Crippen LogP contribution >= 0.6 is 0 Å². The van der Waals surface area contributed by atoms with Gasteiger partial charge in [-0.2, -0.15) is 0 Å². The molecule has 0 heterocycles. The Morgan fingerprint density at radius 3 is 2.50 bits per heavy atom. The van der Waals surface area contributed by atoms with Gasteiger partial charge in [0.25, 0.3) is 0 Å². The van der Waals surface area contributed by atoms with Crippen molar-refractivity contribution >= 4 is 5.91 Å². The third-order valence-corrected chi connectivity index (χ3v) is 5.52. The van der Waals surface area contributed by atoms with Crippen LogP contribution in [0.15, 0.2) is 42.5 Å². The van der Waals surface area contributed by atoms with Gasteiger partial charge in [-0.15, -0.1) is 0 Å². The summed E-state index contributed by atoms with van der Waals surface area (Å²) in [7, 11) is 0. The molecule has 0 atom stereocenters. The highest BCUT2D eigenvalue weighted by molar-refractivity contribution is 5.83. The quantitative estimate of drug-likeness (QED) is 0.700. The maximum absolute atomic E-state index is 12.6. The zero-order valence-corrected chi connectivity index (χ0v) is 14.2. The Bertz CT molecular complexity index is 741. The summed E-state index contributed by atoms with van der Waals surface area (Å²) in [4.78, 5) is 12.6. The second kappa shape index (κ2) is 6.80. The minimum Gasteiger partial charge on any atom is -0.353 e. The zero-order valence-electron chi connectivity index (χ0n) is 14.2. The Morgan fingerprint density at radius 1 is 0.917 bits per heavy atom. The molecule has 0 aromatic heterocycles. The van der Waals surface area contributed by atoms with Crippen molar-refractivity contribution in [3.8, 4) is 11.1 Å². The van der Waals surface area contributed by atoms with E-state index in [4.69, 9.17) is 0 Å². The number of hydrogen-bond acceptors (Lipinski definition) is 1. The molecule has 2 aromatic rings. The smallest absolute Gasteiger partial charge is 0.224 e. The molecule has 1 saturated carbocycles. The van der Waals surface area contributed by atoms with Crippen molar-refractivity contribution in [2.75, 3.05) is 0 Å². The second-order valence-corrected chi connectivity index (χ2v) is 7.21. The highest BCUT2D eigenvalue weighted by Gasteiger charge is 2.22. The summed E-state index contributed by atoms with van der Waals surface area (Å²) in [5.41, 5.74) is 6.55. The first-order valence-electron chi connectivity index (χ1n) is 9.29. The summed E-state index contributed by atoms with van der Waals surface area (Å²) in [6.07, 6.45) is 8.88. The van der Waals surface area contributed by atoms with E-state index in [1.54, 1.807) is 0 Å². The summed E-state index contributed by atoms with van der Waals surface area (Å²) < 4.78 is 0. The highest BCUT2D eigenvalue weighted by Crippen LogP contribution is 2.38. The third-order valence-electron chi connectivity index (χ3n) is 5.52. The van der Waals surface area contributed by atoms with Crippen molar-refractivity contribution in [1.82, 2.24) is 5.32 Å². The van der Waals surface area contributed by atoms with E-state index in [0.29, 0.717) is 12.5 Å². The topological polar surface area (TPSA) is 29.1 Å². The predicted octanol–water partition coefficient (Wildman–Crippen LogP) is 4.64. The summed E-state index contributed by atoms with van der Waals surface area (Å²) in [5, 5.41) is 3.28. The predicted molar refractivity (Wildman–Crippen MR) is 98.0 cm³/mol. The molecule has 2 aromatic carbocycles. The summed E-state index contributed by atoms with van der Waals surface area (Å²) in [5.74, 6) is 0.186. The lowest BCUT2D eigenvalue weighted by Gasteiger charge is -2.17. The van der Waals surface area contributed by atoms with Crippen LogP contribution in [0, 0.1) is 0 Å². The SMILES string of the molecule is O=C(Cc1cccc2c1Cc1ccccc1-2)NC1CCCCCC1. The van der Waals surface area contributed by atoms with E-state index in [1.807, 2.05) is 0 Å². The molecule has 0 unspecified atom stereocenters. The molecule has 2 aliphatic carbocycles. The average molecular weight is 319 g/mol. The molecule has 24 heavy (non-hydrogen) atoms. The lowest BCUT2D eigenvalue weighted by Crippen LogP contribution is -2.35. The van der Waals surface area contributed by atoms with E-state index in [1.165, 1.54) is 53.5 Å². The van der Waals surface area contributed by atoms with Crippen molar-refractivity contribution in [2.24, 2.45) is 0 Å². The molecule has 2 heteroatoms. The average Bonchev–Trinajstić information content (AvgIpc) is 2.78. The van der Waals surface area contributed by atoms with E-state index >= 15 is 0 Å². The van der Waals surface area contributed by atoms with E-state index in [9.17, 15) is 4.79 Å². The van der Waals surface area contributed by atoms with Gasteiger partial charge < -0.3 is 5.32 Å². The molecule has 1 fully saturated rings. The normalized spacial score (nSPS) is 17.0. The van der Waals surface area contributed by atoms with Gasteiger partial charge in [-0.05, 0) is 47.1 Å². The van der Waals surface area contributed by atoms with Crippen LogP contribution < -0.4 is 5.32 Å². The van der Waals surface area contributed by atoms with Gasteiger partial charge in [-0.25, -0.2) is 0 Å². The molecule has 0 radical (unpaired) electrons. The third kappa shape index (κ3) is 3.10. The molecule has 0 bridgehead atoms. The largest absolute Gasteiger partial charge is 0.353 e. The number of benzene rings is 2. The molecule has 124 valence electrons. The maximum atomic E-state index is 12.6. The van der Waals surface area contributed by atoms with Gasteiger partial charge >= 0.3 is 0 Å². The number of hydrogen-bond donors (Lipinski definition) is 1. The van der Waals surface area contributed by atoms with Crippen molar-refractivity contribution in [3.63, 3.8) is 0 Å². The minimum atomic E-state index is 0.186. The van der Waals surface area contributed by atoms with E-state index in [2.05, 4.69) is 47.8 Å². The maximum Gasteiger partial charge on any atom is 0.224 e. The van der Waals surface area contributed by atoms with Gasteiger partial charge in [0.05, 0.1) is 6.42 Å². The van der Waals surface area contributed by atoms with Crippen molar-refractivity contribution in [3.05, 3.63) is 59.2 Å². The van der Waals surface area contributed by atoms with E-state index < -0.39 is 0 Å². The number of rotatable bonds is 3. The Morgan fingerprint density at radius 2 is 1.67 bits per heavy atom. The standard InChI is InChI=1S/C22H25NO/c24-22(23-18-10-3-1-2-4-11-18)15-17-9-7-13-20-19-12-6-5-8-16(19)14-21(17)20/h5-9,12-13,18H,1-4,10-11,14-15H2,(H,23,24). The molecule has 0 spiro atoms. The van der Waals surface area contributed by atoms with Gasteiger partial charge in [-0.3, -0.25) is 4.79 Å². The van der Waals surface area contributed by atoms with Gasteiger partial charge in [0, 0.05) is 6.04 Å². The van der Waals surface area contributed by atoms with Crippen LogP contribution in [-0.4, -0.2) is 11.9 Å². The summed E-state index contributed by atoms with van der Waals surface area (Å²) >= 11 is 0. The van der Waals surface area contributed by atoms with Crippen LogP contribution in [0.5, 0.6) is 0 Å². The molecule has 1 N–H and O–H groups in total. The first-order valence-corrected chi connectivity index (χ1v) is 9.29. The van der Waals surface area contributed by atoms with E-state index in [0.717, 1.165) is 19.3 Å². The van der Waals surface area contributed by atoms with Crippen LogP contribution in [-0.2, 0) is 17.6 Å². The van der Waals surface area contributed by atoms with Gasteiger partial charge in [0.1, 0.15) is 0 Å². The molecule has 2 aliphatic rings. The van der Waals surface area contributed by atoms with Crippen LogP contribution in [0.3, 0.4) is 0 Å². The van der Waals surface area contributed by atoms with Gasteiger partial charge in [-0.1, -0.05) is 68.1 Å². The van der Waals surface area contributed by atoms with Gasteiger partial charge in [0.15, 0.2) is 0 Å². The first-order chi connectivity index (χ1) is 11.8. The number of fused-ring (bicyclic) bond motifs is 3. The van der Waals surface area contributed by atoms with Crippen LogP contribution in [0.25, 0.3) is 11.1 Å². The Labute approximate surface area is 144 Å². The minimum absolute atomic E-state index is 0.186. The fourth-order valence-electron chi connectivity index (χ4n) is 4.26. The van der Waals surface area contributed by atoms with Crippen LogP contribution in [0.2, 0.25) is 0 Å². The summed E-state index contributed by atoms with van der Waals surface area (Å²) in [6, 6.07) is 15.4. The van der Waals surface area contributed by atoms with Crippen LogP contribution in [0.4, 0.5) is 0 Å². The molecule has 4 rings (SSSR count). The fraction of sp³-hybridized carbons (Fsp3) is 0.409. The molecule has 0 aliphatic heterocycles. The summed E-state index contributed by atoms with van der Waals surface area (Å²) in [6.45, 7) is 0. The zero-order chi connectivity index (χ0) is 16.4. The fourth-order valence-corrected chi connectivity index (χ4v) is 4.26. The Kier molecular flexibility index (Phi) is 4.38. The van der Waals surface area contributed by atoms with Crippen molar-refractivity contribution in [1.29, 1.82) is 0 Å². The molecular weight excluding hydrogens is 294 g/mol. The number of carbonyl (C=O) groups excluding carboxylic acids is 1. The number of nitrogens with one attached hydrogen (secondary N) is 1. The molecule has 2 nitrogen and oxygen atoms in total. The van der Waals surface area contributed by atoms with E-state index in [-0.39, 0.29) is 5.91 Å². The van der Waals surface area contributed by atoms with Crippen molar-refractivity contribution in [2.45, 2.75) is 57.4 Å². The first kappa shape index (κ1) is 15.4. The Balaban J connectivity index is 1.49. The number of amides is 1. The lowest BCUT2D eigenvalue weighted by molar-refractivity contribution is -0.121.